The lowest BCUT2D eigenvalue weighted by molar-refractivity contribution is 0.102. The van der Waals surface area contributed by atoms with Crippen LogP contribution in [0.25, 0.3) is 0 Å². The number of methoxy groups -OCH3 is 1. The zero-order valence-electron chi connectivity index (χ0n) is 16.0. The molecule has 148 valence electrons. The number of anilines is 2. The van der Waals surface area contributed by atoms with E-state index in [0.717, 1.165) is 24.5 Å². The summed E-state index contributed by atoms with van der Waals surface area (Å²) < 4.78 is 15.7. The Morgan fingerprint density at radius 2 is 1.90 bits per heavy atom. The van der Waals surface area contributed by atoms with Crippen molar-refractivity contribution in [3.8, 4) is 17.2 Å². The fourth-order valence-corrected chi connectivity index (χ4v) is 2.94. The number of nitrogens with zero attached hydrogens (tertiary/aromatic N) is 1. The number of carbonyl (C=O) groups is 1. The maximum absolute atomic E-state index is 12.4. The molecule has 0 bridgehead atoms. The maximum Gasteiger partial charge on any atom is 0.255 e. The molecule has 0 aliphatic carbocycles. The molecule has 0 unspecified atom stereocenters. The molecule has 0 spiro atoms. The first kappa shape index (κ1) is 18.6. The topological polar surface area (TPSA) is 81.7 Å². The number of fused-ring (bicyclic) bond motifs is 1. The van der Waals surface area contributed by atoms with E-state index in [1.165, 1.54) is 5.56 Å². The number of amides is 1. The molecule has 0 saturated heterocycles. The molecule has 7 nitrogen and oxygen atoms in total. The van der Waals surface area contributed by atoms with Gasteiger partial charge in [-0.25, -0.2) is 4.98 Å². The third-order valence-corrected chi connectivity index (χ3v) is 4.53. The largest absolute Gasteiger partial charge is 0.497 e. The monoisotopic (exact) mass is 391 g/mol. The van der Waals surface area contributed by atoms with E-state index >= 15 is 0 Å². The number of ether oxygens (including phenoxy) is 3. The van der Waals surface area contributed by atoms with Crippen LogP contribution in [0.5, 0.6) is 17.2 Å². The summed E-state index contributed by atoms with van der Waals surface area (Å²) in [6.45, 7) is 0.930. The van der Waals surface area contributed by atoms with Crippen LogP contribution in [0.1, 0.15) is 15.9 Å². The molecule has 7 heteroatoms. The number of hydrogen-bond acceptors (Lipinski definition) is 6. The number of benzene rings is 2. The first-order valence-electron chi connectivity index (χ1n) is 9.25. The van der Waals surface area contributed by atoms with E-state index in [1.54, 1.807) is 31.5 Å². The Balaban J connectivity index is 1.29. The molecule has 0 fully saturated rings. The van der Waals surface area contributed by atoms with Gasteiger partial charge in [-0.2, -0.15) is 0 Å². The molecule has 1 aliphatic rings. The van der Waals surface area contributed by atoms with E-state index < -0.39 is 0 Å². The van der Waals surface area contributed by atoms with Gasteiger partial charge in [0.2, 0.25) is 6.79 Å². The van der Waals surface area contributed by atoms with E-state index in [0.29, 0.717) is 22.7 Å². The van der Waals surface area contributed by atoms with Gasteiger partial charge >= 0.3 is 0 Å². The van der Waals surface area contributed by atoms with Gasteiger partial charge in [0.25, 0.3) is 5.91 Å². The van der Waals surface area contributed by atoms with Gasteiger partial charge in [-0.1, -0.05) is 12.1 Å². The standard InChI is InChI=1S/C22H21N3O4/c1-27-18-6-2-15(3-7-18)10-11-23-21-9-5-17(13-24-21)25-22(26)16-4-8-19-20(12-16)29-14-28-19/h2-9,12-13H,10-11,14H2,1H3,(H,23,24)(H,25,26). The molecule has 0 radical (unpaired) electrons. The van der Waals surface area contributed by atoms with Crippen molar-refractivity contribution in [2.75, 3.05) is 31.1 Å². The minimum Gasteiger partial charge on any atom is -0.497 e. The summed E-state index contributed by atoms with van der Waals surface area (Å²) in [4.78, 5) is 16.8. The highest BCUT2D eigenvalue weighted by atomic mass is 16.7. The number of pyridine rings is 1. The predicted molar refractivity (Wildman–Crippen MR) is 110 cm³/mol. The first-order valence-corrected chi connectivity index (χ1v) is 9.25. The van der Waals surface area contributed by atoms with Crippen molar-refractivity contribution in [1.82, 2.24) is 4.98 Å². The van der Waals surface area contributed by atoms with Crippen molar-refractivity contribution < 1.29 is 19.0 Å². The Hall–Kier alpha value is -3.74. The van der Waals surface area contributed by atoms with Gasteiger partial charge in [0.1, 0.15) is 11.6 Å². The van der Waals surface area contributed by atoms with Gasteiger partial charge < -0.3 is 24.8 Å². The van der Waals surface area contributed by atoms with Crippen LogP contribution < -0.4 is 24.8 Å². The van der Waals surface area contributed by atoms with Gasteiger partial charge in [0, 0.05) is 12.1 Å². The SMILES string of the molecule is COc1ccc(CCNc2ccc(NC(=O)c3ccc4c(c3)OCO4)cn2)cc1. The zero-order chi connectivity index (χ0) is 20.1. The molecule has 2 N–H and O–H groups in total. The number of nitrogens with one attached hydrogen (secondary N) is 2. The highest BCUT2D eigenvalue weighted by Crippen LogP contribution is 2.32. The van der Waals surface area contributed by atoms with Crippen molar-refractivity contribution in [2.24, 2.45) is 0 Å². The van der Waals surface area contributed by atoms with Crippen LogP contribution >= 0.6 is 0 Å². The highest BCUT2D eigenvalue weighted by Gasteiger charge is 2.16. The van der Waals surface area contributed by atoms with E-state index in [9.17, 15) is 4.79 Å². The van der Waals surface area contributed by atoms with Crippen molar-refractivity contribution in [2.45, 2.75) is 6.42 Å². The molecule has 2 heterocycles. The van der Waals surface area contributed by atoms with Gasteiger partial charge in [-0.3, -0.25) is 4.79 Å². The van der Waals surface area contributed by atoms with Crippen molar-refractivity contribution in [3.63, 3.8) is 0 Å². The first-order chi connectivity index (χ1) is 14.2. The molecule has 0 saturated carbocycles. The number of carbonyl (C=O) groups excluding carboxylic acids is 1. The number of hydrogen-bond donors (Lipinski definition) is 2. The Kier molecular flexibility index (Phi) is 5.47. The lowest BCUT2D eigenvalue weighted by atomic mass is 10.1. The second-order valence-corrected chi connectivity index (χ2v) is 6.48. The molecular formula is C22H21N3O4. The van der Waals surface area contributed by atoms with Crippen LogP contribution in [0.3, 0.4) is 0 Å². The average Bonchev–Trinajstić information content (AvgIpc) is 3.23. The second kappa shape index (κ2) is 8.52. The third kappa shape index (κ3) is 4.57. The van der Waals surface area contributed by atoms with E-state index in [1.807, 2.05) is 36.4 Å². The molecule has 2 aromatic carbocycles. The van der Waals surface area contributed by atoms with Crippen LogP contribution in [0.2, 0.25) is 0 Å². The predicted octanol–water partition coefficient (Wildman–Crippen LogP) is 3.73. The zero-order valence-corrected chi connectivity index (χ0v) is 16.0. The van der Waals surface area contributed by atoms with Gasteiger partial charge in [0.15, 0.2) is 11.5 Å². The molecule has 1 amide bonds. The smallest absolute Gasteiger partial charge is 0.255 e. The lowest BCUT2D eigenvalue weighted by Gasteiger charge is -2.09. The summed E-state index contributed by atoms with van der Waals surface area (Å²) in [6.07, 6.45) is 2.49. The Labute approximate surface area is 168 Å². The summed E-state index contributed by atoms with van der Waals surface area (Å²) in [5, 5.41) is 6.11. The van der Waals surface area contributed by atoms with Crippen molar-refractivity contribution in [1.29, 1.82) is 0 Å². The van der Waals surface area contributed by atoms with Crippen LogP contribution in [0.15, 0.2) is 60.8 Å². The Morgan fingerprint density at radius 3 is 2.66 bits per heavy atom. The van der Waals surface area contributed by atoms with Gasteiger partial charge in [-0.05, 0) is 54.4 Å². The number of aromatic nitrogens is 1. The normalized spacial score (nSPS) is 11.8. The maximum atomic E-state index is 12.4. The van der Waals surface area contributed by atoms with E-state index in [-0.39, 0.29) is 12.7 Å². The highest BCUT2D eigenvalue weighted by molar-refractivity contribution is 6.04. The Morgan fingerprint density at radius 1 is 1.07 bits per heavy atom. The average molecular weight is 391 g/mol. The second-order valence-electron chi connectivity index (χ2n) is 6.48. The Bertz CT molecular complexity index is 988. The van der Waals surface area contributed by atoms with Crippen LogP contribution in [-0.4, -0.2) is 31.3 Å². The molecule has 3 aromatic rings. The minimum absolute atomic E-state index is 0.178. The van der Waals surface area contributed by atoms with Crippen LogP contribution in [0.4, 0.5) is 11.5 Å². The van der Waals surface area contributed by atoms with Crippen LogP contribution in [-0.2, 0) is 6.42 Å². The quantitative estimate of drug-likeness (QED) is 0.639. The van der Waals surface area contributed by atoms with Crippen molar-refractivity contribution >= 4 is 17.4 Å². The molecular weight excluding hydrogens is 370 g/mol. The minimum atomic E-state index is -0.231. The van der Waals surface area contributed by atoms with Crippen LogP contribution in [0, 0.1) is 0 Å². The summed E-state index contributed by atoms with van der Waals surface area (Å²) >= 11 is 0. The van der Waals surface area contributed by atoms with Gasteiger partial charge in [0.05, 0.1) is 19.0 Å². The molecule has 29 heavy (non-hydrogen) atoms. The summed E-state index contributed by atoms with van der Waals surface area (Å²) in [5.41, 5.74) is 2.33. The fraction of sp³-hybridized carbons (Fsp3) is 0.182. The fourth-order valence-electron chi connectivity index (χ4n) is 2.94. The summed E-state index contributed by atoms with van der Waals surface area (Å²) in [5.74, 6) is 2.59. The summed E-state index contributed by atoms with van der Waals surface area (Å²) in [7, 11) is 1.66. The molecule has 1 aliphatic heterocycles. The molecule has 0 atom stereocenters. The summed E-state index contributed by atoms with van der Waals surface area (Å²) in [6, 6.07) is 16.7. The van der Waals surface area contributed by atoms with E-state index in [2.05, 4.69) is 15.6 Å². The number of rotatable bonds is 7. The molecule has 1 aromatic heterocycles. The van der Waals surface area contributed by atoms with Gasteiger partial charge in [-0.15, -0.1) is 0 Å². The van der Waals surface area contributed by atoms with Crippen molar-refractivity contribution in [3.05, 3.63) is 71.9 Å². The molecule has 4 rings (SSSR count). The third-order valence-electron chi connectivity index (χ3n) is 4.53. The van der Waals surface area contributed by atoms with E-state index in [4.69, 9.17) is 14.2 Å². The lowest BCUT2D eigenvalue weighted by Crippen LogP contribution is -2.12.